The largest absolute Gasteiger partial charge is 0.467 e. The molecule has 1 fully saturated rings. The molecule has 6 nitrogen and oxygen atoms in total. The molecule has 1 saturated heterocycles. The van der Waals surface area contributed by atoms with Gasteiger partial charge in [-0.1, -0.05) is 0 Å². The van der Waals surface area contributed by atoms with Gasteiger partial charge in [-0.25, -0.2) is 15.2 Å². The van der Waals surface area contributed by atoms with Gasteiger partial charge < -0.3 is 14.1 Å². The maximum Gasteiger partial charge on any atom is 0.341 e. The van der Waals surface area contributed by atoms with Crippen LogP contribution >= 0.6 is 0 Å². The zero-order chi connectivity index (χ0) is 13.0. The lowest BCUT2D eigenvalue weighted by atomic mass is 10.3. The van der Waals surface area contributed by atoms with E-state index in [0.29, 0.717) is 12.1 Å². The number of furan rings is 1. The molecule has 0 aliphatic carbocycles. The van der Waals surface area contributed by atoms with Gasteiger partial charge in [0.15, 0.2) is 0 Å². The van der Waals surface area contributed by atoms with Crippen LogP contribution in [0.25, 0.3) is 0 Å². The number of piperazine rings is 1. The van der Waals surface area contributed by atoms with Gasteiger partial charge >= 0.3 is 5.97 Å². The van der Waals surface area contributed by atoms with Crippen molar-refractivity contribution >= 4 is 5.97 Å². The van der Waals surface area contributed by atoms with E-state index in [1.54, 1.807) is 6.07 Å². The monoisotopic (exact) mass is 253 g/mol. The van der Waals surface area contributed by atoms with Crippen molar-refractivity contribution in [3.05, 3.63) is 23.7 Å². The molecule has 0 radical (unpaired) electrons. The number of rotatable bonds is 4. The van der Waals surface area contributed by atoms with Gasteiger partial charge in [0.2, 0.25) is 0 Å². The average Bonchev–Trinajstić information content (AvgIpc) is 2.86. The number of ether oxygens (including phenoxy) is 1. The predicted octanol–water partition coefficient (Wildman–Crippen LogP) is 0.318. The summed E-state index contributed by atoms with van der Waals surface area (Å²) in [6.07, 6.45) is 1.42. The second-order valence-corrected chi connectivity index (χ2v) is 4.42. The Labute approximate surface area is 106 Å². The molecule has 1 aliphatic heterocycles. The Morgan fingerprint density at radius 2 is 2.17 bits per heavy atom. The Kier molecular flexibility index (Phi) is 4.35. The van der Waals surface area contributed by atoms with Crippen molar-refractivity contribution in [2.45, 2.75) is 6.54 Å². The fraction of sp³-hybridized carbons (Fsp3) is 0.583. The quantitative estimate of drug-likeness (QED) is 0.780. The number of methoxy groups -OCH3 is 1. The summed E-state index contributed by atoms with van der Waals surface area (Å²) < 4.78 is 9.92. The van der Waals surface area contributed by atoms with Crippen molar-refractivity contribution in [1.29, 1.82) is 0 Å². The molecule has 100 valence electrons. The molecule has 1 aromatic rings. The van der Waals surface area contributed by atoms with Gasteiger partial charge in [-0.15, -0.1) is 0 Å². The van der Waals surface area contributed by atoms with Crippen molar-refractivity contribution in [2.75, 3.05) is 40.3 Å². The number of carbonyl (C=O) groups is 1. The maximum atomic E-state index is 11.3. The third kappa shape index (κ3) is 3.32. The van der Waals surface area contributed by atoms with Crippen LogP contribution in [0, 0.1) is 0 Å². The number of nitrogens with one attached hydrogen (secondary N) is 1. The molecule has 18 heavy (non-hydrogen) atoms. The summed E-state index contributed by atoms with van der Waals surface area (Å²) in [5.74, 6) is 0.360. The third-order valence-electron chi connectivity index (χ3n) is 3.06. The molecular formula is C12H19N3O3. The van der Waals surface area contributed by atoms with Crippen molar-refractivity contribution in [1.82, 2.24) is 15.3 Å². The van der Waals surface area contributed by atoms with Crippen LogP contribution in [0.5, 0.6) is 0 Å². The van der Waals surface area contributed by atoms with Gasteiger partial charge in [-0.2, -0.15) is 0 Å². The highest BCUT2D eigenvalue weighted by molar-refractivity contribution is 5.88. The van der Waals surface area contributed by atoms with Crippen LogP contribution in [0.4, 0.5) is 0 Å². The van der Waals surface area contributed by atoms with E-state index in [1.807, 2.05) is 0 Å². The van der Waals surface area contributed by atoms with Gasteiger partial charge in [0.25, 0.3) is 0 Å². The molecule has 6 heteroatoms. The minimum Gasteiger partial charge on any atom is -0.467 e. The summed E-state index contributed by atoms with van der Waals surface area (Å²) in [4.78, 5) is 13.5. The first kappa shape index (κ1) is 13.1. The van der Waals surface area contributed by atoms with E-state index in [1.165, 1.54) is 13.4 Å². The van der Waals surface area contributed by atoms with E-state index in [0.717, 1.165) is 31.9 Å². The lowest BCUT2D eigenvalue weighted by Crippen LogP contribution is -2.50. The number of hydrogen-bond acceptors (Lipinski definition) is 6. The number of likely N-dealkylation sites (N-methyl/N-ethyl adjacent to an activating group) is 1. The molecule has 0 aromatic carbocycles. The molecular weight excluding hydrogens is 234 g/mol. The smallest absolute Gasteiger partial charge is 0.341 e. The molecule has 2 heterocycles. The lowest BCUT2D eigenvalue weighted by molar-refractivity contribution is 0.0600. The van der Waals surface area contributed by atoms with E-state index in [-0.39, 0.29) is 5.97 Å². The summed E-state index contributed by atoms with van der Waals surface area (Å²) in [6.45, 7) is 4.67. The summed E-state index contributed by atoms with van der Waals surface area (Å²) >= 11 is 0. The standard InChI is InChI=1S/C12H19N3O3/c1-14-3-5-15(6-4-14)13-8-11-7-10(9-18-11)12(16)17-2/h7,9,13H,3-6,8H2,1-2H3. The molecule has 0 saturated carbocycles. The van der Waals surface area contributed by atoms with Crippen LogP contribution in [0.15, 0.2) is 16.7 Å². The first-order chi connectivity index (χ1) is 8.69. The Morgan fingerprint density at radius 3 is 2.83 bits per heavy atom. The normalized spacial score (nSPS) is 17.9. The van der Waals surface area contributed by atoms with E-state index in [2.05, 4.69) is 27.1 Å². The van der Waals surface area contributed by atoms with E-state index in [9.17, 15) is 4.79 Å². The maximum absolute atomic E-state index is 11.3. The number of carbonyl (C=O) groups excluding carboxylic acids is 1. The SMILES string of the molecule is COC(=O)c1coc(CNN2CCN(C)CC2)c1. The first-order valence-corrected chi connectivity index (χ1v) is 6.02. The Balaban J connectivity index is 1.79. The van der Waals surface area contributed by atoms with Crippen LogP contribution in [0.2, 0.25) is 0 Å². The number of hydrazine groups is 1. The predicted molar refractivity (Wildman–Crippen MR) is 66.0 cm³/mol. The molecule has 0 spiro atoms. The van der Waals surface area contributed by atoms with Gasteiger partial charge in [0, 0.05) is 26.2 Å². The highest BCUT2D eigenvalue weighted by Crippen LogP contribution is 2.09. The zero-order valence-corrected chi connectivity index (χ0v) is 10.8. The molecule has 0 unspecified atom stereocenters. The van der Waals surface area contributed by atoms with Crippen LogP contribution < -0.4 is 5.43 Å². The van der Waals surface area contributed by atoms with E-state index in [4.69, 9.17) is 4.42 Å². The van der Waals surface area contributed by atoms with Gasteiger partial charge in [0.1, 0.15) is 12.0 Å². The number of nitrogens with zero attached hydrogens (tertiary/aromatic N) is 2. The Bertz CT molecular complexity index is 397. The summed E-state index contributed by atoms with van der Waals surface area (Å²) in [5, 5.41) is 2.17. The van der Waals surface area contributed by atoms with Crippen LogP contribution in [-0.2, 0) is 11.3 Å². The van der Waals surface area contributed by atoms with Crippen molar-refractivity contribution in [2.24, 2.45) is 0 Å². The molecule has 2 rings (SSSR count). The average molecular weight is 253 g/mol. The minimum absolute atomic E-state index is 0.371. The van der Waals surface area contributed by atoms with Crippen molar-refractivity contribution in [3.63, 3.8) is 0 Å². The fourth-order valence-electron chi connectivity index (χ4n) is 1.85. The second-order valence-electron chi connectivity index (χ2n) is 4.42. The van der Waals surface area contributed by atoms with Gasteiger partial charge in [-0.05, 0) is 13.1 Å². The molecule has 1 aromatic heterocycles. The van der Waals surface area contributed by atoms with Gasteiger partial charge in [0.05, 0.1) is 19.2 Å². The summed E-state index contributed by atoms with van der Waals surface area (Å²) in [6, 6.07) is 1.70. The Hall–Kier alpha value is -1.37. The summed E-state index contributed by atoms with van der Waals surface area (Å²) in [7, 11) is 3.48. The topological polar surface area (TPSA) is 58.0 Å². The van der Waals surface area contributed by atoms with E-state index < -0.39 is 0 Å². The second kappa shape index (κ2) is 5.99. The zero-order valence-electron chi connectivity index (χ0n) is 10.8. The molecule has 0 atom stereocenters. The number of esters is 1. The van der Waals surface area contributed by atoms with Crippen LogP contribution in [0.1, 0.15) is 16.1 Å². The third-order valence-corrected chi connectivity index (χ3v) is 3.06. The first-order valence-electron chi connectivity index (χ1n) is 6.02. The highest BCUT2D eigenvalue weighted by Gasteiger charge is 2.14. The fourth-order valence-corrected chi connectivity index (χ4v) is 1.85. The van der Waals surface area contributed by atoms with Crippen LogP contribution in [0.3, 0.4) is 0 Å². The lowest BCUT2D eigenvalue weighted by Gasteiger charge is -2.32. The van der Waals surface area contributed by atoms with Crippen LogP contribution in [-0.4, -0.2) is 56.2 Å². The number of hydrogen-bond donors (Lipinski definition) is 1. The van der Waals surface area contributed by atoms with Crippen molar-refractivity contribution in [3.8, 4) is 0 Å². The summed E-state index contributed by atoms with van der Waals surface area (Å²) in [5.41, 5.74) is 3.74. The minimum atomic E-state index is -0.371. The van der Waals surface area contributed by atoms with E-state index >= 15 is 0 Å². The highest BCUT2D eigenvalue weighted by atomic mass is 16.5. The Morgan fingerprint density at radius 1 is 1.44 bits per heavy atom. The molecule has 0 bridgehead atoms. The molecule has 1 aliphatic rings. The molecule has 1 N–H and O–H groups in total. The molecule has 0 amide bonds. The van der Waals surface area contributed by atoms with Gasteiger partial charge in [-0.3, -0.25) is 0 Å². The van der Waals surface area contributed by atoms with Crippen molar-refractivity contribution < 1.29 is 13.9 Å².